The lowest BCUT2D eigenvalue weighted by Gasteiger charge is -2.04. The molecule has 1 aromatic carbocycles. The summed E-state index contributed by atoms with van der Waals surface area (Å²) >= 11 is 0. The van der Waals surface area contributed by atoms with Crippen LogP contribution in [0.25, 0.3) is 0 Å². The van der Waals surface area contributed by atoms with Crippen molar-refractivity contribution in [3.63, 3.8) is 0 Å². The number of nitro groups is 1. The number of non-ortho nitro benzene ring substituents is 1. The molecule has 0 aliphatic rings. The Morgan fingerprint density at radius 2 is 2.22 bits per heavy atom. The normalized spacial score (nSPS) is 9.50. The summed E-state index contributed by atoms with van der Waals surface area (Å²) in [6.45, 7) is 0. The molecule has 0 aliphatic heterocycles. The smallest absolute Gasteiger partial charge is 0.273 e. The van der Waals surface area contributed by atoms with E-state index in [1.54, 1.807) is 0 Å². The van der Waals surface area contributed by atoms with E-state index in [0.29, 0.717) is 0 Å². The summed E-state index contributed by atoms with van der Waals surface area (Å²) in [5.41, 5.74) is 0.103. The fraction of sp³-hybridized carbons (Fsp3) is 0. The molecule has 1 heterocycles. The first-order valence-corrected chi connectivity index (χ1v) is 4.85. The maximum atomic E-state index is 10.6. The molecule has 0 fully saturated rings. The Labute approximate surface area is 101 Å². The van der Waals surface area contributed by atoms with Crippen LogP contribution in [0.5, 0.6) is 11.6 Å². The van der Waals surface area contributed by atoms with E-state index in [1.165, 1.54) is 36.5 Å². The number of rotatable bonds is 3. The molecule has 1 aromatic heterocycles. The molecular weight excluding hydrogens is 236 g/mol. The Bertz CT molecular complexity index is 636. The van der Waals surface area contributed by atoms with Gasteiger partial charge in [-0.1, -0.05) is 6.07 Å². The predicted molar refractivity (Wildman–Crippen MR) is 59.9 cm³/mol. The summed E-state index contributed by atoms with van der Waals surface area (Å²) in [6.07, 6.45) is 1.36. The van der Waals surface area contributed by atoms with E-state index < -0.39 is 4.92 Å². The van der Waals surface area contributed by atoms with Gasteiger partial charge in [0.2, 0.25) is 0 Å². The average Bonchev–Trinajstić information content (AvgIpc) is 2.39. The number of aromatic nitrogens is 2. The molecule has 2 rings (SSSR count). The summed E-state index contributed by atoms with van der Waals surface area (Å²) in [5.74, 6) is 0.238. The van der Waals surface area contributed by atoms with E-state index in [1.807, 2.05) is 6.07 Å². The van der Waals surface area contributed by atoms with Gasteiger partial charge in [-0.25, -0.2) is 0 Å². The minimum Gasteiger partial charge on any atom is -0.436 e. The van der Waals surface area contributed by atoms with Crippen molar-refractivity contribution >= 4 is 5.69 Å². The van der Waals surface area contributed by atoms with E-state index >= 15 is 0 Å². The Kier molecular flexibility index (Phi) is 3.11. The molecule has 0 aliphatic carbocycles. The third-order valence-electron chi connectivity index (χ3n) is 2.05. The highest BCUT2D eigenvalue weighted by atomic mass is 16.6. The lowest BCUT2D eigenvalue weighted by molar-refractivity contribution is -0.384. The second-order valence-electron chi connectivity index (χ2n) is 3.22. The maximum absolute atomic E-state index is 10.6. The van der Waals surface area contributed by atoms with E-state index in [4.69, 9.17) is 10.00 Å². The van der Waals surface area contributed by atoms with E-state index in [0.717, 1.165) is 0 Å². The quantitative estimate of drug-likeness (QED) is 0.602. The minimum absolute atomic E-state index is 0.0143. The van der Waals surface area contributed by atoms with Crippen molar-refractivity contribution in [1.82, 2.24) is 10.2 Å². The van der Waals surface area contributed by atoms with E-state index in [9.17, 15) is 10.1 Å². The number of benzene rings is 1. The second-order valence-corrected chi connectivity index (χ2v) is 3.22. The third kappa shape index (κ3) is 2.38. The highest BCUT2D eigenvalue weighted by Crippen LogP contribution is 2.25. The van der Waals surface area contributed by atoms with Crippen molar-refractivity contribution in [2.75, 3.05) is 0 Å². The Balaban J connectivity index is 2.32. The van der Waals surface area contributed by atoms with Gasteiger partial charge in [0.1, 0.15) is 17.4 Å². The number of ether oxygens (including phenoxy) is 1. The van der Waals surface area contributed by atoms with Crippen molar-refractivity contribution in [3.8, 4) is 17.7 Å². The van der Waals surface area contributed by atoms with Gasteiger partial charge in [-0.3, -0.25) is 10.1 Å². The molecule has 2 aromatic rings. The van der Waals surface area contributed by atoms with Crippen LogP contribution >= 0.6 is 0 Å². The average molecular weight is 242 g/mol. The molecule has 0 saturated carbocycles. The zero-order valence-electron chi connectivity index (χ0n) is 8.98. The molecule has 18 heavy (non-hydrogen) atoms. The SMILES string of the molecule is N#Cc1ccnnc1Oc1cccc([N+](=O)[O-])c1. The summed E-state index contributed by atoms with van der Waals surface area (Å²) in [4.78, 5) is 10.1. The van der Waals surface area contributed by atoms with Crippen LogP contribution in [0.15, 0.2) is 36.5 Å². The van der Waals surface area contributed by atoms with Gasteiger partial charge in [0, 0.05) is 6.07 Å². The van der Waals surface area contributed by atoms with Crippen LogP contribution < -0.4 is 4.74 Å². The highest BCUT2D eigenvalue weighted by molar-refractivity contribution is 5.42. The van der Waals surface area contributed by atoms with Crippen LogP contribution in [0, 0.1) is 21.4 Å². The molecule has 7 nitrogen and oxygen atoms in total. The highest BCUT2D eigenvalue weighted by Gasteiger charge is 2.10. The van der Waals surface area contributed by atoms with E-state index in [-0.39, 0.29) is 22.9 Å². The number of hydrogen-bond donors (Lipinski definition) is 0. The van der Waals surface area contributed by atoms with Gasteiger partial charge in [-0.2, -0.15) is 10.4 Å². The first kappa shape index (κ1) is 11.5. The first-order chi connectivity index (χ1) is 8.70. The number of nitro benzene ring substituents is 1. The topological polar surface area (TPSA) is 102 Å². The summed E-state index contributed by atoms with van der Waals surface area (Å²) in [6, 6.07) is 8.94. The van der Waals surface area contributed by atoms with Gasteiger partial charge in [0.15, 0.2) is 0 Å². The molecule has 88 valence electrons. The fourth-order valence-corrected chi connectivity index (χ4v) is 1.25. The molecule has 0 unspecified atom stereocenters. The van der Waals surface area contributed by atoms with Gasteiger partial charge in [-0.05, 0) is 12.1 Å². The summed E-state index contributed by atoms with van der Waals surface area (Å²) in [5, 5.41) is 26.7. The number of hydrogen-bond acceptors (Lipinski definition) is 6. The molecule has 0 spiro atoms. The Morgan fingerprint density at radius 1 is 1.39 bits per heavy atom. The zero-order chi connectivity index (χ0) is 13.0. The molecule has 0 saturated heterocycles. The van der Waals surface area contributed by atoms with Crippen LogP contribution in [0.4, 0.5) is 5.69 Å². The lowest BCUT2D eigenvalue weighted by Crippen LogP contribution is -1.94. The third-order valence-corrected chi connectivity index (χ3v) is 2.05. The van der Waals surface area contributed by atoms with Gasteiger partial charge in [0.25, 0.3) is 11.6 Å². The maximum Gasteiger partial charge on any atom is 0.273 e. The van der Waals surface area contributed by atoms with Gasteiger partial charge in [0.05, 0.1) is 17.2 Å². The molecule has 0 N–H and O–H groups in total. The predicted octanol–water partition coefficient (Wildman–Crippen LogP) is 2.05. The molecule has 7 heteroatoms. The van der Waals surface area contributed by atoms with Gasteiger partial charge >= 0.3 is 0 Å². The lowest BCUT2D eigenvalue weighted by atomic mass is 10.3. The van der Waals surface area contributed by atoms with Gasteiger partial charge in [-0.15, -0.1) is 5.10 Å². The van der Waals surface area contributed by atoms with Crippen LogP contribution in [-0.2, 0) is 0 Å². The zero-order valence-corrected chi connectivity index (χ0v) is 8.98. The van der Waals surface area contributed by atoms with Crippen LogP contribution in [0.3, 0.4) is 0 Å². The number of nitriles is 1. The van der Waals surface area contributed by atoms with E-state index in [2.05, 4.69) is 10.2 Å². The molecule has 0 amide bonds. The van der Waals surface area contributed by atoms with Crippen molar-refractivity contribution in [3.05, 3.63) is 52.2 Å². The number of nitrogens with zero attached hydrogens (tertiary/aromatic N) is 4. The summed E-state index contributed by atoms with van der Waals surface area (Å²) < 4.78 is 5.29. The molecular formula is C11H6N4O3. The molecule has 0 atom stereocenters. The Hall–Kier alpha value is -3.01. The Morgan fingerprint density at radius 3 is 2.94 bits per heavy atom. The molecule has 0 bridgehead atoms. The van der Waals surface area contributed by atoms with Crippen LogP contribution in [0.2, 0.25) is 0 Å². The monoisotopic (exact) mass is 242 g/mol. The standard InChI is InChI=1S/C11H6N4O3/c12-7-8-4-5-13-14-11(8)18-10-3-1-2-9(6-10)15(16)17/h1-6H. The van der Waals surface area contributed by atoms with Gasteiger partial charge < -0.3 is 4.74 Å². The van der Waals surface area contributed by atoms with Crippen molar-refractivity contribution < 1.29 is 9.66 Å². The van der Waals surface area contributed by atoms with Crippen molar-refractivity contribution in [2.45, 2.75) is 0 Å². The van der Waals surface area contributed by atoms with Crippen LogP contribution in [0.1, 0.15) is 5.56 Å². The van der Waals surface area contributed by atoms with Crippen LogP contribution in [-0.4, -0.2) is 15.1 Å². The summed E-state index contributed by atoms with van der Waals surface area (Å²) in [7, 11) is 0. The first-order valence-electron chi connectivity index (χ1n) is 4.85. The van der Waals surface area contributed by atoms with Crippen molar-refractivity contribution in [2.24, 2.45) is 0 Å². The van der Waals surface area contributed by atoms with Crippen molar-refractivity contribution in [1.29, 1.82) is 5.26 Å². The fourth-order valence-electron chi connectivity index (χ4n) is 1.25. The largest absolute Gasteiger partial charge is 0.436 e. The second kappa shape index (κ2) is 4.88. The molecule has 0 radical (unpaired) electrons. The minimum atomic E-state index is -0.533.